The zero-order chi connectivity index (χ0) is 22.1. The summed E-state index contributed by atoms with van der Waals surface area (Å²) < 4.78 is 5.39. The van der Waals surface area contributed by atoms with Crippen LogP contribution in [0.5, 0.6) is 0 Å². The molecule has 8 heteroatoms. The zero-order valence-electron chi connectivity index (χ0n) is 17.2. The van der Waals surface area contributed by atoms with Gasteiger partial charge in [0, 0.05) is 39.8 Å². The summed E-state index contributed by atoms with van der Waals surface area (Å²) in [7, 11) is 0. The third-order valence-corrected chi connectivity index (χ3v) is 6.21. The summed E-state index contributed by atoms with van der Waals surface area (Å²) in [5.41, 5.74) is 4.87. The number of hydrogen-bond donors (Lipinski definition) is 3. The van der Waals surface area contributed by atoms with Crippen molar-refractivity contribution in [1.29, 1.82) is 0 Å². The summed E-state index contributed by atoms with van der Waals surface area (Å²) in [6.07, 6.45) is 5.04. The van der Waals surface area contributed by atoms with E-state index < -0.39 is 5.97 Å². The second-order valence-corrected chi connectivity index (χ2v) is 8.53. The van der Waals surface area contributed by atoms with Gasteiger partial charge in [-0.05, 0) is 19.1 Å². The number of benzene rings is 2. The van der Waals surface area contributed by atoms with Crippen LogP contribution in [0.25, 0.3) is 43.9 Å². The zero-order valence-corrected chi connectivity index (χ0v) is 18.0. The van der Waals surface area contributed by atoms with Crippen molar-refractivity contribution in [3.8, 4) is 33.0 Å². The molecule has 160 valence electrons. The van der Waals surface area contributed by atoms with Gasteiger partial charge in [0.1, 0.15) is 0 Å². The fourth-order valence-corrected chi connectivity index (χ4v) is 4.86. The van der Waals surface area contributed by atoms with E-state index in [4.69, 9.17) is 14.5 Å². The van der Waals surface area contributed by atoms with Gasteiger partial charge in [-0.1, -0.05) is 47.7 Å². The Bertz CT molecular complexity index is 1370. The molecule has 5 aromatic rings. The van der Waals surface area contributed by atoms with E-state index in [0.717, 1.165) is 38.2 Å². The lowest BCUT2D eigenvalue weighted by Gasteiger charge is -2.09. The van der Waals surface area contributed by atoms with E-state index >= 15 is 0 Å². The Morgan fingerprint density at radius 2 is 2.00 bits per heavy atom. The summed E-state index contributed by atoms with van der Waals surface area (Å²) in [5, 5.41) is 14.2. The Morgan fingerprint density at radius 3 is 2.75 bits per heavy atom. The van der Waals surface area contributed by atoms with Crippen LogP contribution in [-0.4, -0.2) is 32.1 Å². The Balaban J connectivity index is 1.58. The van der Waals surface area contributed by atoms with Crippen LogP contribution in [0.2, 0.25) is 0 Å². The van der Waals surface area contributed by atoms with Crippen LogP contribution in [-0.2, 0) is 4.79 Å². The van der Waals surface area contributed by atoms with E-state index in [1.807, 2.05) is 49.5 Å². The number of H-pyrrole nitrogens is 1. The Hall–Kier alpha value is -3.91. The van der Waals surface area contributed by atoms with Crippen molar-refractivity contribution in [3.05, 3.63) is 67.3 Å². The molecular formula is C24H20N4O3S. The number of anilines is 1. The van der Waals surface area contributed by atoms with Crippen LogP contribution >= 0.6 is 11.3 Å². The number of hydrogen-bond acceptors (Lipinski definition) is 6. The molecule has 32 heavy (non-hydrogen) atoms. The van der Waals surface area contributed by atoms with Crippen LogP contribution in [0.15, 0.2) is 71.7 Å². The lowest BCUT2D eigenvalue weighted by Crippen LogP contribution is -2.19. The molecule has 0 fully saturated rings. The first-order valence-electron chi connectivity index (χ1n) is 10.1. The first-order chi connectivity index (χ1) is 15.6. The average Bonchev–Trinajstić information content (AvgIpc) is 3.53. The molecule has 1 atom stereocenters. The highest BCUT2D eigenvalue weighted by molar-refractivity contribution is 7.19. The molecule has 0 saturated carbocycles. The fourth-order valence-electron chi connectivity index (χ4n) is 3.72. The molecule has 0 aliphatic heterocycles. The molecule has 0 aliphatic rings. The number of rotatable bonds is 7. The fraction of sp³-hybridized carbons (Fsp3) is 0.125. The van der Waals surface area contributed by atoms with Crippen molar-refractivity contribution < 1.29 is 14.3 Å². The second kappa shape index (κ2) is 8.32. The lowest BCUT2D eigenvalue weighted by atomic mass is 10.0. The smallest absolute Gasteiger partial charge is 0.305 e. The summed E-state index contributed by atoms with van der Waals surface area (Å²) in [4.78, 5) is 24.2. The van der Waals surface area contributed by atoms with Crippen LogP contribution in [0.1, 0.15) is 13.3 Å². The minimum absolute atomic E-state index is 0.0174. The van der Waals surface area contributed by atoms with E-state index in [1.165, 1.54) is 17.7 Å². The summed E-state index contributed by atoms with van der Waals surface area (Å²) in [5.74, 6) is -0.140. The molecule has 0 bridgehead atoms. The van der Waals surface area contributed by atoms with E-state index in [-0.39, 0.29) is 12.5 Å². The van der Waals surface area contributed by atoms with Crippen molar-refractivity contribution in [2.24, 2.45) is 0 Å². The van der Waals surface area contributed by atoms with Crippen molar-refractivity contribution in [3.63, 3.8) is 0 Å². The molecule has 2 aromatic carbocycles. The summed E-state index contributed by atoms with van der Waals surface area (Å²) in [6.45, 7) is 1.84. The van der Waals surface area contributed by atoms with Crippen LogP contribution in [0.4, 0.5) is 5.13 Å². The van der Waals surface area contributed by atoms with Crippen LogP contribution in [0.3, 0.4) is 0 Å². The maximum absolute atomic E-state index is 11.1. The van der Waals surface area contributed by atoms with Gasteiger partial charge >= 0.3 is 5.97 Å². The van der Waals surface area contributed by atoms with Gasteiger partial charge in [0.05, 0.1) is 23.2 Å². The van der Waals surface area contributed by atoms with Gasteiger partial charge < -0.3 is 19.8 Å². The van der Waals surface area contributed by atoms with Gasteiger partial charge in [0.15, 0.2) is 17.3 Å². The number of nitrogens with one attached hydrogen (secondary N) is 2. The molecule has 0 saturated heterocycles. The molecule has 7 nitrogen and oxygen atoms in total. The van der Waals surface area contributed by atoms with Crippen LogP contribution < -0.4 is 5.32 Å². The molecule has 0 amide bonds. The van der Waals surface area contributed by atoms with Gasteiger partial charge in [-0.15, -0.1) is 0 Å². The first kappa shape index (κ1) is 20.0. The number of carboxylic acids is 1. The SMILES string of the molecule is CC(CC(=O)O)Nc1nc(-c2ccc(-c3cnco3)cc2)c(-c2cccc3[nH]ccc23)s1. The highest BCUT2D eigenvalue weighted by Crippen LogP contribution is 2.42. The third kappa shape index (κ3) is 3.88. The molecule has 0 radical (unpaired) electrons. The largest absolute Gasteiger partial charge is 0.481 e. The number of thiazole rings is 1. The summed E-state index contributed by atoms with van der Waals surface area (Å²) in [6, 6.07) is 15.9. The lowest BCUT2D eigenvalue weighted by molar-refractivity contribution is -0.137. The maximum atomic E-state index is 11.1. The van der Waals surface area contributed by atoms with Gasteiger partial charge in [-0.2, -0.15) is 0 Å². The molecule has 1 unspecified atom stereocenters. The van der Waals surface area contributed by atoms with E-state index in [9.17, 15) is 4.79 Å². The van der Waals surface area contributed by atoms with Gasteiger partial charge in [-0.3, -0.25) is 4.79 Å². The standard InChI is InChI=1S/C24H20N4O3S/c1-14(11-21(29)30)27-24-28-22(16-7-5-15(6-8-16)20-12-25-13-31-20)23(32-24)18-3-2-4-19-17(18)9-10-26-19/h2-10,12-14,26H,11H2,1H3,(H,27,28)(H,29,30). The topological polar surface area (TPSA) is 104 Å². The number of fused-ring (bicyclic) bond motifs is 1. The number of nitrogens with zero attached hydrogens (tertiary/aromatic N) is 2. The third-order valence-electron chi connectivity index (χ3n) is 5.19. The molecule has 3 N–H and O–H groups in total. The van der Waals surface area contributed by atoms with E-state index in [0.29, 0.717) is 10.9 Å². The highest BCUT2D eigenvalue weighted by atomic mass is 32.1. The first-order valence-corrected chi connectivity index (χ1v) is 10.9. The molecule has 0 spiro atoms. The average molecular weight is 445 g/mol. The highest BCUT2D eigenvalue weighted by Gasteiger charge is 2.19. The van der Waals surface area contributed by atoms with Crippen molar-refractivity contribution >= 4 is 33.3 Å². The van der Waals surface area contributed by atoms with Crippen molar-refractivity contribution in [2.75, 3.05) is 5.32 Å². The quantitative estimate of drug-likeness (QED) is 0.289. The predicted molar refractivity (Wildman–Crippen MR) is 126 cm³/mol. The van der Waals surface area contributed by atoms with Crippen LogP contribution in [0, 0.1) is 0 Å². The van der Waals surface area contributed by atoms with Crippen molar-refractivity contribution in [1.82, 2.24) is 15.0 Å². The number of aromatic nitrogens is 3. The number of oxazole rings is 1. The van der Waals surface area contributed by atoms with Gasteiger partial charge in [-0.25, -0.2) is 9.97 Å². The predicted octanol–water partition coefficient (Wildman–Crippen LogP) is 5.89. The van der Waals surface area contributed by atoms with Gasteiger partial charge in [0.25, 0.3) is 0 Å². The number of carboxylic acid groups (broad SMARTS) is 1. The number of aliphatic carboxylic acids is 1. The Labute approximate surface area is 187 Å². The Morgan fingerprint density at radius 1 is 1.19 bits per heavy atom. The van der Waals surface area contributed by atoms with E-state index in [2.05, 4.69) is 27.4 Å². The number of carbonyl (C=O) groups is 1. The molecule has 5 rings (SSSR count). The number of aromatic amines is 1. The second-order valence-electron chi connectivity index (χ2n) is 7.53. The van der Waals surface area contributed by atoms with Gasteiger partial charge in [0.2, 0.25) is 0 Å². The monoisotopic (exact) mass is 444 g/mol. The minimum atomic E-state index is -0.845. The van der Waals surface area contributed by atoms with E-state index in [1.54, 1.807) is 6.20 Å². The normalized spacial score (nSPS) is 12.2. The molecule has 3 heterocycles. The Kier molecular flexibility index (Phi) is 5.20. The maximum Gasteiger partial charge on any atom is 0.305 e. The van der Waals surface area contributed by atoms with Crippen molar-refractivity contribution in [2.45, 2.75) is 19.4 Å². The summed E-state index contributed by atoms with van der Waals surface area (Å²) >= 11 is 1.53. The molecular weight excluding hydrogens is 424 g/mol. The minimum Gasteiger partial charge on any atom is -0.481 e. The molecule has 3 aromatic heterocycles. The molecule has 0 aliphatic carbocycles.